The Bertz CT molecular complexity index is 443. The van der Waals surface area contributed by atoms with E-state index in [4.69, 9.17) is 10.00 Å². The molecule has 0 fully saturated rings. The topological polar surface area (TPSA) is 56.5 Å². The molecule has 0 radical (unpaired) electrons. The molecule has 0 aliphatic heterocycles. The van der Waals surface area contributed by atoms with Gasteiger partial charge in [-0.2, -0.15) is 5.26 Å². The summed E-state index contributed by atoms with van der Waals surface area (Å²) in [6.07, 6.45) is -0.106. The number of aliphatic hydroxyl groups excluding tert-OH is 1. The van der Waals surface area contributed by atoms with Gasteiger partial charge in [0.05, 0.1) is 19.3 Å². The highest BCUT2D eigenvalue weighted by Crippen LogP contribution is 2.22. The van der Waals surface area contributed by atoms with E-state index in [2.05, 4.69) is 31.7 Å². The number of aliphatic hydroxyl groups is 1. The van der Waals surface area contributed by atoms with Crippen LogP contribution in [0.2, 0.25) is 0 Å². The van der Waals surface area contributed by atoms with Crippen molar-refractivity contribution in [3.8, 4) is 11.8 Å². The van der Waals surface area contributed by atoms with Gasteiger partial charge in [0.15, 0.2) is 0 Å². The highest BCUT2D eigenvalue weighted by Gasteiger charge is 2.23. The first kappa shape index (κ1) is 16.5. The average molecular weight is 276 g/mol. The third-order valence-electron chi connectivity index (χ3n) is 3.34. The van der Waals surface area contributed by atoms with E-state index in [0.29, 0.717) is 19.5 Å². The molecule has 0 amide bonds. The molecule has 1 aromatic carbocycles. The molecule has 1 rings (SSSR count). The number of β-amino-alcohol motifs (C(OH)–C–C–N with tert-alkyl or cyclic N) is 1. The number of benzene rings is 1. The Morgan fingerprint density at radius 1 is 1.30 bits per heavy atom. The standard InChI is InChI=1S/C16H24N2O2/c1-16(2,3)18(11-5-10-17)12-15(19)13-6-8-14(20-4)9-7-13/h6-9,15,19H,5,11-12H2,1-4H3/t15-/m1/s1. The Hall–Kier alpha value is -1.57. The Kier molecular flexibility index (Phi) is 6.00. The third kappa shape index (κ3) is 4.84. The summed E-state index contributed by atoms with van der Waals surface area (Å²) in [6.45, 7) is 7.44. The summed E-state index contributed by atoms with van der Waals surface area (Å²) in [4.78, 5) is 2.13. The van der Waals surface area contributed by atoms with Crippen LogP contribution in [0.4, 0.5) is 0 Å². The van der Waals surface area contributed by atoms with Crippen molar-refractivity contribution in [1.29, 1.82) is 5.26 Å². The van der Waals surface area contributed by atoms with Gasteiger partial charge >= 0.3 is 0 Å². The molecule has 20 heavy (non-hydrogen) atoms. The van der Waals surface area contributed by atoms with Crippen LogP contribution in [0.5, 0.6) is 5.75 Å². The van der Waals surface area contributed by atoms with Gasteiger partial charge in [0.25, 0.3) is 0 Å². The van der Waals surface area contributed by atoms with Crippen molar-refractivity contribution in [2.45, 2.75) is 38.8 Å². The number of hydrogen-bond donors (Lipinski definition) is 1. The lowest BCUT2D eigenvalue weighted by Gasteiger charge is -2.36. The Labute approximate surface area is 121 Å². The molecule has 0 heterocycles. The molecule has 0 bridgehead atoms. The van der Waals surface area contributed by atoms with Crippen molar-refractivity contribution >= 4 is 0 Å². The van der Waals surface area contributed by atoms with Crippen LogP contribution in [0.3, 0.4) is 0 Å². The Balaban J connectivity index is 2.74. The number of ether oxygens (including phenoxy) is 1. The van der Waals surface area contributed by atoms with Crippen LogP contribution >= 0.6 is 0 Å². The molecule has 0 spiro atoms. The second-order valence-corrected chi connectivity index (χ2v) is 5.81. The minimum Gasteiger partial charge on any atom is -0.497 e. The fraction of sp³-hybridized carbons (Fsp3) is 0.562. The van der Waals surface area contributed by atoms with E-state index in [1.807, 2.05) is 24.3 Å². The highest BCUT2D eigenvalue weighted by molar-refractivity contribution is 5.28. The molecule has 0 saturated carbocycles. The summed E-state index contributed by atoms with van der Waals surface area (Å²) in [6, 6.07) is 9.58. The van der Waals surface area contributed by atoms with Gasteiger partial charge in [-0.05, 0) is 38.5 Å². The van der Waals surface area contributed by atoms with Gasteiger partial charge in [-0.15, -0.1) is 0 Å². The van der Waals surface area contributed by atoms with Gasteiger partial charge in [0, 0.05) is 25.0 Å². The molecule has 4 nitrogen and oxygen atoms in total. The SMILES string of the molecule is COc1ccc([C@H](O)CN(CCC#N)C(C)(C)C)cc1. The predicted octanol–water partition coefficient (Wildman–Crippen LogP) is 2.74. The molecule has 0 aliphatic rings. The van der Waals surface area contributed by atoms with Gasteiger partial charge in [0.1, 0.15) is 5.75 Å². The van der Waals surface area contributed by atoms with Crippen LogP contribution in [0.1, 0.15) is 38.9 Å². The van der Waals surface area contributed by atoms with E-state index in [1.54, 1.807) is 7.11 Å². The van der Waals surface area contributed by atoms with Crippen molar-refractivity contribution in [3.05, 3.63) is 29.8 Å². The van der Waals surface area contributed by atoms with Gasteiger partial charge in [-0.25, -0.2) is 0 Å². The monoisotopic (exact) mass is 276 g/mol. The quantitative estimate of drug-likeness (QED) is 0.868. The maximum absolute atomic E-state index is 10.4. The third-order valence-corrected chi connectivity index (χ3v) is 3.34. The lowest BCUT2D eigenvalue weighted by atomic mass is 10.0. The fourth-order valence-corrected chi connectivity index (χ4v) is 2.03. The molecule has 0 aromatic heterocycles. The van der Waals surface area contributed by atoms with Crippen LogP contribution in [0.25, 0.3) is 0 Å². The van der Waals surface area contributed by atoms with E-state index in [0.717, 1.165) is 11.3 Å². The number of rotatable bonds is 6. The fourth-order valence-electron chi connectivity index (χ4n) is 2.03. The summed E-state index contributed by atoms with van der Waals surface area (Å²) < 4.78 is 5.11. The van der Waals surface area contributed by atoms with E-state index < -0.39 is 6.10 Å². The lowest BCUT2D eigenvalue weighted by Crippen LogP contribution is -2.44. The molecular formula is C16H24N2O2. The minimum atomic E-state index is -0.571. The average Bonchev–Trinajstić information content (AvgIpc) is 2.42. The van der Waals surface area contributed by atoms with E-state index in [9.17, 15) is 5.11 Å². The molecule has 1 N–H and O–H groups in total. The van der Waals surface area contributed by atoms with Crippen molar-refractivity contribution in [2.75, 3.05) is 20.2 Å². The molecule has 0 aliphatic carbocycles. The molecule has 4 heteroatoms. The summed E-state index contributed by atoms with van der Waals surface area (Å²) >= 11 is 0. The summed E-state index contributed by atoms with van der Waals surface area (Å²) in [5, 5.41) is 19.1. The largest absolute Gasteiger partial charge is 0.497 e. The maximum atomic E-state index is 10.4. The Morgan fingerprint density at radius 3 is 2.35 bits per heavy atom. The summed E-state index contributed by atoms with van der Waals surface area (Å²) in [5.41, 5.74) is 0.779. The van der Waals surface area contributed by atoms with Crippen molar-refractivity contribution in [3.63, 3.8) is 0 Å². The van der Waals surface area contributed by atoms with Gasteiger partial charge in [-0.1, -0.05) is 12.1 Å². The lowest BCUT2D eigenvalue weighted by molar-refractivity contribution is 0.0599. The zero-order valence-corrected chi connectivity index (χ0v) is 12.8. The highest BCUT2D eigenvalue weighted by atomic mass is 16.5. The van der Waals surface area contributed by atoms with Gasteiger partial charge in [0.2, 0.25) is 0 Å². The van der Waals surface area contributed by atoms with Gasteiger partial charge < -0.3 is 9.84 Å². The van der Waals surface area contributed by atoms with Crippen molar-refractivity contribution in [2.24, 2.45) is 0 Å². The first-order valence-corrected chi connectivity index (χ1v) is 6.82. The summed E-state index contributed by atoms with van der Waals surface area (Å²) in [5.74, 6) is 0.776. The normalized spacial score (nSPS) is 13.1. The first-order valence-electron chi connectivity index (χ1n) is 6.82. The zero-order valence-electron chi connectivity index (χ0n) is 12.8. The zero-order chi connectivity index (χ0) is 15.2. The number of nitrogens with zero attached hydrogens (tertiary/aromatic N) is 2. The summed E-state index contributed by atoms with van der Waals surface area (Å²) in [7, 11) is 1.62. The van der Waals surface area contributed by atoms with Crippen molar-refractivity contribution < 1.29 is 9.84 Å². The molecule has 0 unspecified atom stereocenters. The number of hydrogen-bond acceptors (Lipinski definition) is 4. The second kappa shape index (κ2) is 7.28. The first-order chi connectivity index (χ1) is 9.38. The number of nitriles is 1. The molecular weight excluding hydrogens is 252 g/mol. The Morgan fingerprint density at radius 2 is 1.90 bits per heavy atom. The maximum Gasteiger partial charge on any atom is 0.118 e. The van der Waals surface area contributed by atoms with Gasteiger partial charge in [-0.3, -0.25) is 4.90 Å². The molecule has 0 saturated heterocycles. The molecule has 1 atom stereocenters. The second-order valence-electron chi connectivity index (χ2n) is 5.81. The van der Waals surface area contributed by atoms with Crippen LogP contribution < -0.4 is 4.74 Å². The predicted molar refractivity (Wildman–Crippen MR) is 79.5 cm³/mol. The van der Waals surface area contributed by atoms with Crippen molar-refractivity contribution in [1.82, 2.24) is 4.90 Å². The smallest absolute Gasteiger partial charge is 0.118 e. The van der Waals surface area contributed by atoms with Crippen LogP contribution in [-0.4, -0.2) is 35.7 Å². The molecule has 110 valence electrons. The van der Waals surface area contributed by atoms with E-state index in [1.165, 1.54) is 0 Å². The van der Waals surface area contributed by atoms with Crippen LogP contribution in [0.15, 0.2) is 24.3 Å². The van der Waals surface area contributed by atoms with E-state index >= 15 is 0 Å². The van der Waals surface area contributed by atoms with E-state index in [-0.39, 0.29) is 5.54 Å². The number of methoxy groups -OCH3 is 1. The minimum absolute atomic E-state index is 0.0791. The van der Waals surface area contributed by atoms with Crippen LogP contribution in [0, 0.1) is 11.3 Å². The molecule has 1 aromatic rings. The van der Waals surface area contributed by atoms with Crippen LogP contribution in [-0.2, 0) is 0 Å².